The second-order valence-electron chi connectivity index (χ2n) is 9.79. The molecule has 0 fully saturated rings. The number of methoxy groups -OCH3 is 1. The van der Waals surface area contributed by atoms with E-state index in [2.05, 4.69) is 23.8 Å². The summed E-state index contributed by atoms with van der Waals surface area (Å²) in [5.74, 6) is 1.42. The van der Waals surface area contributed by atoms with Gasteiger partial charge in [0.05, 0.1) is 28.5 Å². The van der Waals surface area contributed by atoms with Gasteiger partial charge in [-0.1, -0.05) is 41.9 Å². The highest BCUT2D eigenvalue weighted by molar-refractivity contribution is 7.97. The van der Waals surface area contributed by atoms with Gasteiger partial charge < -0.3 is 19.1 Å². The van der Waals surface area contributed by atoms with E-state index in [4.69, 9.17) is 21.1 Å². The number of aliphatic hydroxyl groups is 1. The van der Waals surface area contributed by atoms with Crippen molar-refractivity contribution in [3.8, 4) is 22.9 Å². The number of benzene rings is 3. The van der Waals surface area contributed by atoms with Crippen molar-refractivity contribution in [3.63, 3.8) is 0 Å². The largest absolute Gasteiger partial charge is 0.493 e. The topological polar surface area (TPSA) is 85.2 Å². The van der Waals surface area contributed by atoms with Crippen molar-refractivity contribution < 1.29 is 14.6 Å². The number of rotatable bonds is 10. The number of nitrogens with zero attached hydrogens (tertiary/aromatic N) is 4. The summed E-state index contributed by atoms with van der Waals surface area (Å²) in [6, 6.07) is 18.2. The molecule has 212 valence electrons. The highest BCUT2D eigenvalue weighted by atomic mass is 35.5. The van der Waals surface area contributed by atoms with Crippen LogP contribution in [0.4, 0.5) is 0 Å². The fraction of sp³-hybridized carbons (Fsp3) is 0.290. The Bertz CT molecular complexity index is 1790. The molecular formula is C31H31ClN4O3S2. The van der Waals surface area contributed by atoms with Crippen LogP contribution in [0.5, 0.6) is 5.75 Å². The normalized spacial score (nSPS) is 12.2. The number of fused-ring (bicyclic) bond motifs is 2. The molecule has 0 amide bonds. The average Bonchev–Trinajstić information content (AvgIpc) is 3.42. The minimum atomic E-state index is -1.14. The van der Waals surface area contributed by atoms with Gasteiger partial charge in [-0.05, 0) is 48.2 Å². The smallest absolute Gasteiger partial charge is 0.196 e. The summed E-state index contributed by atoms with van der Waals surface area (Å²) in [4.78, 5) is 0.843. The van der Waals surface area contributed by atoms with Gasteiger partial charge in [-0.3, -0.25) is 4.68 Å². The first-order valence-electron chi connectivity index (χ1n) is 13.1. The molecule has 3 aromatic carbocycles. The molecule has 1 atom stereocenters. The fourth-order valence-electron chi connectivity index (χ4n) is 5.57. The number of aliphatic hydroxyl groups excluding tert-OH is 1. The van der Waals surface area contributed by atoms with Gasteiger partial charge in [0.1, 0.15) is 17.5 Å². The zero-order valence-corrected chi connectivity index (χ0v) is 25.8. The first-order valence-corrected chi connectivity index (χ1v) is 15.3. The molecule has 0 aliphatic rings. The van der Waals surface area contributed by atoms with Gasteiger partial charge in [-0.2, -0.15) is 22.1 Å². The highest BCUT2D eigenvalue weighted by Gasteiger charge is 2.28. The van der Waals surface area contributed by atoms with Gasteiger partial charge in [-0.25, -0.2) is 0 Å². The summed E-state index contributed by atoms with van der Waals surface area (Å²) in [5, 5.41) is 29.2. The zero-order valence-electron chi connectivity index (χ0n) is 23.3. The number of hydrogen-bond donors (Lipinski definition) is 2. The number of aromatic nitrogens is 3. The standard InChI is InChI=1S/C31H31ClN4O3S2/c1-35-29-22(11-12-23(32)27(29)28-24(17-41-4)34-36(2)25(28)16-33)21(30(35)31(37)38-3)10-7-13-39-26-15-19(40)14-18-8-5-6-9-20(18)26/h5-6,8-9,11-12,14-15,31,37,40H,7,10,13,17H2,1-4H3. The van der Waals surface area contributed by atoms with Crippen LogP contribution in [0.25, 0.3) is 32.8 Å². The predicted molar refractivity (Wildman–Crippen MR) is 169 cm³/mol. The molecule has 10 heteroatoms. The summed E-state index contributed by atoms with van der Waals surface area (Å²) in [5.41, 5.74) is 5.07. The first-order chi connectivity index (χ1) is 19.8. The third-order valence-corrected chi connectivity index (χ3v) is 8.44. The molecule has 0 aliphatic heterocycles. The molecule has 1 N–H and O–H groups in total. The van der Waals surface area contributed by atoms with Gasteiger partial charge in [0.2, 0.25) is 0 Å². The summed E-state index contributed by atoms with van der Waals surface area (Å²) in [7, 11) is 5.13. The number of thioether (sulfide) groups is 1. The molecular weight excluding hydrogens is 576 g/mol. The Morgan fingerprint density at radius 3 is 2.66 bits per heavy atom. The van der Waals surface area contributed by atoms with Crippen LogP contribution in [0.3, 0.4) is 0 Å². The van der Waals surface area contributed by atoms with E-state index < -0.39 is 6.29 Å². The van der Waals surface area contributed by atoms with E-state index in [1.54, 1.807) is 23.5 Å². The van der Waals surface area contributed by atoms with Gasteiger partial charge in [0, 0.05) is 53.8 Å². The van der Waals surface area contributed by atoms with Crippen LogP contribution < -0.4 is 4.74 Å². The lowest BCUT2D eigenvalue weighted by atomic mass is 9.98. The van der Waals surface area contributed by atoms with Crippen LogP contribution in [0.15, 0.2) is 53.4 Å². The van der Waals surface area contributed by atoms with Crippen LogP contribution in [0.2, 0.25) is 5.02 Å². The van der Waals surface area contributed by atoms with Crippen molar-refractivity contribution in [2.24, 2.45) is 14.1 Å². The predicted octanol–water partition coefficient (Wildman–Crippen LogP) is 7.06. The lowest BCUT2D eigenvalue weighted by Crippen LogP contribution is -2.09. The van der Waals surface area contributed by atoms with E-state index in [0.717, 1.165) is 49.1 Å². The Hall–Kier alpha value is -3.13. The van der Waals surface area contributed by atoms with Crippen molar-refractivity contribution in [3.05, 3.63) is 76.2 Å². The van der Waals surface area contributed by atoms with Crippen molar-refractivity contribution in [2.75, 3.05) is 20.0 Å². The second-order valence-corrected chi connectivity index (χ2v) is 11.6. The monoisotopic (exact) mass is 606 g/mol. The molecule has 0 saturated heterocycles. The van der Waals surface area contributed by atoms with Crippen molar-refractivity contribution >= 4 is 57.7 Å². The number of ether oxygens (including phenoxy) is 2. The number of nitriles is 1. The Morgan fingerprint density at radius 1 is 1.15 bits per heavy atom. The van der Waals surface area contributed by atoms with Gasteiger partial charge in [0.25, 0.3) is 0 Å². The Labute approximate surface area is 254 Å². The van der Waals surface area contributed by atoms with Crippen molar-refractivity contribution in [1.29, 1.82) is 5.26 Å². The molecule has 41 heavy (non-hydrogen) atoms. The Morgan fingerprint density at radius 2 is 1.93 bits per heavy atom. The van der Waals surface area contributed by atoms with Crippen LogP contribution in [-0.2, 0) is 31.0 Å². The molecule has 2 aromatic heterocycles. The molecule has 2 heterocycles. The fourth-order valence-corrected chi connectivity index (χ4v) is 6.54. The molecule has 5 rings (SSSR count). The lowest BCUT2D eigenvalue weighted by Gasteiger charge is -2.14. The van der Waals surface area contributed by atoms with E-state index in [1.807, 2.05) is 66.4 Å². The number of hydrogen-bond acceptors (Lipinski definition) is 7. The molecule has 0 bridgehead atoms. The molecule has 7 nitrogen and oxygen atoms in total. The highest BCUT2D eigenvalue weighted by Crippen LogP contribution is 2.43. The van der Waals surface area contributed by atoms with Gasteiger partial charge in [-0.15, -0.1) is 12.6 Å². The summed E-state index contributed by atoms with van der Waals surface area (Å²) >= 11 is 13.0. The third kappa shape index (κ3) is 5.43. The third-order valence-electron chi connectivity index (χ3n) is 7.31. The average molecular weight is 607 g/mol. The van der Waals surface area contributed by atoms with E-state index in [0.29, 0.717) is 47.2 Å². The lowest BCUT2D eigenvalue weighted by molar-refractivity contribution is -0.0818. The minimum Gasteiger partial charge on any atom is -0.493 e. The maximum Gasteiger partial charge on any atom is 0.196 e. The molecule has 0 spiro atoms. The van der Waals surface area contributed by atoms with Crippen molar-refractivity contribution in [1.82, 2.24) is 14.3 Å². The zero-order chi connectivity index (χ0) is 29.3. The molecule has 0 saturated carbocycles. The number of thiol groups is 1. The molecule has 5 aromatic rings. The molecule has 1 unspecified atom stereocenters. The Kier molecular flexibility index (Phi) is 8.88. The van der Waals surface area contributed by atoms with E-state index in [-0.39, 0.29) is 0 Å². The SMILES string of the molecule is COC(O)c1c(CCCOc2cc(S)cc3ccccc23)c2ccc(Cl)c(-c3c(CSC)nn(C)c3C#N)c2n1C. The molecule has 0 radical (unpaired) electrons. The van der Waals surface area contributed by atoms with Crippen LogP contribution in [-0.4, -0.2) is 39.4 Å². The summed E-state index contributed by atoms with van der Waals surface area (Å²) in [6.45, 7) is 0.472. The number of halogens is 1. The molecule has 0 aliphatic carbocycles. The quantitative estimate of drug-likeness (QED) is 0.101. The van der Waals surface area contributed by atoms with Gasteiger partial charge in [0.15, 0.2) is 6.29 Å². The van der Waals surface area contributed by atoms with Crippen molar-refractivity contribution in [2.45, 2.75) is 29.8 Å². The van der Waals surface area contributed by atoms with Crippen LogP contribution >= 0.6 is 36.0 Å². The van der Waals surface area contributed by atoms with Crippen LogP contribution in [0.1, 0.15) is 35.4 Å². The van der Waals surface area contributed by atoms with E-state index in [1.165, 1.54) is 7.11 Å². The minimum absolute atomic E-state index is 0.437. The maximum atomic E-state index is 11.0. The summed E-state index contributed by atoms with van der Waals surface area (Å²) in [6.07, 6.45) is 2.18. The van der Waals surface area contributed by atoms with E-state index in [9.17, 15) is 10.4 Å². The van der Waals surface area contributed by atoms with Crippen LogP contribution in [0, 0.1) is 11.3 Å². The maximum absolute atomic E-state index is 11.0. The summed E-state index contributed by atoms with van der Waals surface area (Å²) < 4.78 is 15.2. The Balaban J connectivity index is 1.56. The second kappa shape index (κ2) is 12.4. The van der Waals surface area contributed by atoms with Gasteiger partial charge >= 0.3 is 0 Å². The number of aryl methyl sites for hydroxylation is 3. The van der Waals surface area contributed by atoms with E-state index >= 15 is 0 Å². The first kappa shape index (κ1) is 29.4.